The van der Waals surface area contributed by atoms with Gasteiger partial charge in [-0.1, -0.05) is 6.07 Å². The fourth-order valence-corrected chi connectivity index (χ4v) is 2.35. The third-order valence-electron chi connectivity index (χ3n) is 4.07. The molecule has 7 heteroatoms. The molecule has 0 radical (unpaired) electrons. The lowest BCUT2D eigenvalue weighted by molar-refractivity contribution is -0.216. The second kappa shape index (κ2) is 5.79. The molecule has 0 saturated heterocycles. The van der Waals surface area contributed by atoms with E-state index in [1.165, 1.54) is 26.2 Å². The summed E-state index contributed by atoms with van der Waals surface area (Å²) in [6.45, 7) is 1.49. The lowest BCUT2D eigenvalue weighted by Gasteiger charge is -2.41. The molecule has 0 spiro atoms. The van der Waals surface area contributed by atoms with E-state index in [0.29, 0.717) is 12.0 Å². The molecule has 1 aliphatic rings. The van der Waals surface area contributed by atoms with Crippen LogP contribution in [0.2, 0.25) is 0 Å². The summed E-state index contributed by atoms with van der Waals surface area (Å²) >= 11 is 0. The number of aliphatic hydroxyl groups is 1. The molecule has 0 bridgehead atoms. The van der Waals surface area contributed by atoms with Crippen LogP contribution in [0.5, 0.6) is 5.75 Å². The molecular formula is C15H18F3NO3. The highest BCUT2D eigenvalue weighted by atomic mass is 19.3. The van der Waals surface area contributed by atoms with Crippen molar-refractivity contribution in [3.63, 3.8) is 0 Å². The van der Waals surface area contributed by atoms with Gasteiger partial charge in [0.25, 0.3) is 5.91 Å². The number of ether oxygens (including phenoxy) is 1. The maximum absolute atomic E-state index is 14.0. The molecule has 0 heterocycles. The molecule has 1 atom stereocenters. The molecule has 1 amide bonds. The van der Waals surface area contributed by atoms with Crippen LogP contribution in [0, 0.1) is 5.82 Å². The Kier molecular flexibility index (Phi) is 4.37. The van der Waals surface area contributed by atoms with Crippen molar-refractivity contribution >= 4 is 5.91 Å². The van der Waals surface area contributed by atoms with Crippen molar-refractivity contribution < 1.29 is 27.8 Å². The Morgan fingerprint density at radius 1 is 1.45 bits per heavy atom. The summed E-state index contributed by atoms with van der Waals surface area (Å²) in [4.78, 5) is 11.8. The average molecular weight is 317 g/mol. The van der Waals surface area contributed by atoms with Crippen LogP contribution in [0.15, 0.2) is 18.2 Å². The van der Waals surface area contributed by atoms with Crippen molar-refractivity contribution in [1.29, 1.82) is 0 Å². The Morgan fingerprint density at radius 3 is 2.59 bits per heavy atom. The summed E-state index contributed by atoms with van der Waals surface area (Å²) in [5.74, 6) is -6.02. The molecule has 122 valence electrons. The van der Waals surface area contributed by atoms with Gasteiger partial charge in [-0.15, -0.1) is 0 Å². The Bertz CT molecular complexity index is 573. The number of amides is 1. The highest BCUT2D eigenvalue weighted by Crippen LogP contribution is 2.44. The zero-order chi connectivity index (χ0) is 16.5. The van der Waals surface area contributed by atoms with Gasteiger partial charge >= 0.3 is 5.92 Å². The second-order valence-corrected chi connectivity index (χ2v) is 5.55. The minimum atomic E-state index is -3.86. The summed E-state index contributed by atoms with van der Waals surface area (Å²) in [5, 5.41) is 11.9. The number of methoxy groups -OCH3 is 1. The second-order valence-electron chi connectivity index (χ2n) is 5.55. The Hall–Kier alpha value is -1.76. The first-order chi connectivity index (χ1) is 10.2. The summed E-state index contributed by atoms with van der Waals surface area (Å²) < 4.78 is 46.1. The molecule has 1 unspecified atom stereocenters. The Balaban J connectivity index is 2.11. The van der Waals surface area contributed by atoms with Gasteiger partial charge in [0.1, 0.15) is 5.60 Å². The first-order valence-electron chi connectivity index (χ1n) is 6.96. The number of benzene rings is 1. The van der Waals surface area contributed by atoms with E-state index in [0.717, 1.165) is 6.07 Å². The smallest absolute Gasteiger partial charge is 0.352 e. The first kappa shape index (κ1) is 16.6. The fraction of sp³-hybridized carbons (Fsp3) is 0.533. The van der Waals surface area contributed by atoms with E-state index < -0.39 is 29.3 Å². The number of alkyl halides is 2. The van der Waals surface area contributed by atoms with Crippen LogP contribution in [0.3, 0.4) is 0 Å². The lowest BCUT2D eigenvalue weighted by Crippen LogP contribution is -2.60. The topological polar surface area (TPSA) is 58.6 Å². The van der Waals surface area contributed by atoms with Gasteiger partial charge in [-0.3, -0.25) is 4.79 Å². The Labute approximate surface area is 126 Å². The molecule has 1 aromatic rings. The standard InChI is InChI=1S/C15H18F3NO3/c1-9(10-4-5-11(16)12(8-10)22-2)19-13(20)15(17,18)14(21)6-3-7-14/h4-5,8-9,21H,3,6-7H2,1-2H3,(H,19,20). The van der Waals surface area contributed by atoms with E-state index in [-0.39, 0.29) is 18.6 Å². The van der Waals surface area contributed by atoms with Crippen LogP contribution < -0.4 is 10.1 Å². The van der Waals surface area contributed by atoms with E-state index >= 15 is 0 Å². The van der Waals surface area contributed by atoms with Crippen LogP contribution in [0.25, 0.3) is 0 Å². The van der Waals surface area contributed by atoms with Crippen LogP contribution in [0.1, 0.15) is 37.8 Å². The van der Waals surface area contributed by atoms with Crippen molar-refractivity contribution in [1.82, 2.24) is 5.32 Å². The van der Waals surface area contributed by atoms with Gasteiger partial charge in [-0.2, -0.15) is 8.78 Å². The van der Waals surface area contributed by atoms with Gasteiger partial charge in [0.15, 0.2) is 11.6 Å². The van der Waals surface area contributed by atoms with Crippen LogP contribution in [0.4, 0.5) is 13.2 Å². The largest absolute Gasteiger partial charge is 0.494 e. The Morgan fingerprint density at radius 2 is 2.09 bits per heavy atom. The fourth-order valence-electron chi connectivity index (χ4n) is 2.35. The van der Waals surface area contributed by atoms with Gasteiger partial charge in [-0.05, 0) is 43.9 Å². The highest BCUT2D eigenvalue weighted by molar-refractivity contribution is 5.85. The third-order valence-corrected chi connectivity index (χ3v) is 4.07. The molecule has 2 rings (SSSR count). The molecule has 1 aliphatic carbocycles. The van der Waals surface area contributed by atoms with Crippen molar-refractivity contribution in [2.24, 2.45) is 0 Å². The quantitative estimate of drug-likeness (QED) is 0.877. The van der Waals surface area contributed by atoms with E-state index in [2.05, 4.69) is 5.32 Å². The molecule has 0 aromatic heterocycles. The summed E-state index contributed by atoms with van der Waals surface area (Å²) in [5.41, 5.74) is -1.85. The minimum absolute atomic E-state index is 0.0389. The summed E-state index contributed by atoms with van der Waals surface area (Å²) in [6.07, 6.45) is 0.252. The maximum Gasteiger partial charge on any atom is 0.352 e. The van der Waals surface area contributed by atoms with E-state index in [4.69, 9.17) is 4.74 Å². The monoisotopic (exact) mass is 317 g/mol. The summed E-state index contributed by atoms with van der Waals surface area (Å²) in [6, 6.07) is 3.06. The average Bonchev–Trinajstić information content (AvgIpc) is 2.44. The predicted molar refractivity (Wildman–Crippen MR) is 73.3 cm³/mol. The van der Waals surface area contributed by atoms with Crippen molar-refractivity contribution in [2.75, 3.05) is 7.11 Å². The highest BCUT2D eigenvalue weighted by Gasteiger charge is 2.61. The number of carbonyl (C=O) groups excluding carboxylic acids is 1. The maximum atomic E-state index is 14.0. The molecule has 1 fully saturated rings. The van der Waals surface area contributed by atoms with Crippen molar-refractivity contribution in [3.8, 4) is 5.75 Å². The van der Waals surface area contributed by atoms with Gasteiger partial charge in [-0.25, -0.2) is 4.39 Å². The van der Waals surface area contributed by atoms with E-state index in [9.17, 15) is 23.1 Å². The van der Waals surface area contributed by atoms with Crippen LogP contribution in [-0.2, 0) is 4.79 Å². The SMILES string of the molecule is COc1cc(C(C)NC(=O)C(F)(F)C2(O)CCC2)ccc1F. The number of halogens is 3. The first-order valence-corrected chi connectivity index (χ1v) is 6.96. The van der Waals surface area contributed by atoms with Crippen molar-refractivity contribution in [2.45, 2.75) is 43.8 Å². The molecule has 0 aliphatic heterocycles. The molecular weight excluding hydrogens is 299 g/mol. The number of carbonyl (C=O) groups is 1. The number of hydrogen-bond donors (Lipinski definition) is 2. The molecule has 4 nitrogen and oxygen atoms in total. The number of nitrogens with one attached hydrogen (secondary N) is 1. The summed E-state index contributed by atoms with van der Waals surface area (Å²) in [7, 11) is 1.28. The third kappa shape index (κ3) is 2.77. The zero-order valence-electron chi connectivity index (χ0n) is 12.3. The van der Waals surface area contributed by atoms with Crippen LogP contribution in [-0.4, -0.2) is 29.6 Å². The van der Waals surface area contributed by atoms with Gasteiger partial charge < -0.3 is 15.2 Å². The zero-order valence-corrected chi connectivity index (χ0v) is 12.3. The van der Waals surface area contributed by atoms with Crippen LogP contribution >= 0.6 is 0 Å². The lowest BCUT2D eigenvalue weighted by atomic mass is 9.75. The minimum Gasteiger partial charge on any atom is -0.494 e. The van der Waals surface area contributed by atoms with Gasteiger partial charge in [0.05, 0.1) is 13.2 Å². The van der Waals surface area contributed by atoms with Crippen molar-refractivity contribution in [3.05, 3.63) is 29.6 Å². The normalized spacial score (nSPS) is 18.3. The molecule has 1 aromatic carbocycles. The molecule has 22 heavy (non-hydrogen) atoms. The van der Waals surface area contributed by atoms with Gasteiger partial charge in [0.2, 0.25) is 0 Å². The van der Waals surface area contributed by atoms with E-state index in [1.54, 1.807) is 0 Å². The predicted octanol–water partition coefficient (Wildman–Crippen LogP) is 2.56. The van der Waals surface area contributed by atoms with E-state index in [1.807, 2.05) is 0 Å². The number of hydrogen-bond acceptors (Lipinski definition) is 3. The number of rotatable bonds is 5. The molecule has 1 saturated carbocycles. The van der Waals surface area contributed by atoms with Gasteiger partial charge in [0, 0.05) is 0 Å². The molecule has 2 N–H and O–H groups in total.